The van der Waals surface area contributed by atoms with E-state index in [2.05, 4.69) is 30.5 Å². The Labute approximate surface area is 276 Å². The summed E-state index contributed by atoms with van der Waals surface area (Å²) in [6.07, 6.45) is 33.6. The molecule has 266 valence electrons. The van der Waals surface area contributed by atoms with Crippen molar-refractivity contribution >= 4 is 19.8 Å². The van der Waals surface area contributed by atoms with Crippen molar-refractivity contribution in [2.75, 3.05) is 13.2 Å². The van der Waals surface area contributed by atoms with Gasteiger partial charge in [-0.25, -0.2) is 4.57 Å². The minimum absolute atomic E-state index is 0.205. The predicted molar refractivity (Wildman–Crippen MR) is 184 cm³/mol. The third-order valence-electron chi connectivity index (χ3n) is 8.03. The van der Waals surface area contributed by atoms with Crippen molar-refractivity contribution in [3.05, 3.63) is 12.2 Å². The van der Waals surface area contributed by atoms with E-state index in [1.807, 2.05) is 0 Å². The summed E-state index contributed by atoms with van der Waals surface area (Å²) in [5.41, 5.74) is 0. The summed E-state index contributed by atoms with van der Waals surface area (Å²) in [6.45, 7) is 3.65. The molecule has 45 heavy (non-hydrogen) atoms. The molecule has 0 heterocycles. The van der Waals surface area contributed by atoms with Crippen LogP contribution in [0.2, 0.25) is 0 Å². The quantitative estimate of drug-likeness (QED) is 0.0303. The molecule has 2 N–H and O–H groups in total. The van der Waals surface area contributed by atoms with Crippen LogP contribution in [-0.2, 0) is 28.2 Å². The Morgan fingerprint density at radius 1 is 0.556 bits per heavy atom. The third kappa shape index (κ3) is 35.5. The van der Waals surface area contributed by atoms with Crippen LogP contribution in [0.3, 0.4) is 0 Å². The molecule has 9 heteroatoms. The first kappa shape index (κ1) is 43.8. The van der Waals surface area contributed by atoms with Crippen LogP contribution in [0.5, 0.6) is 0 Å². The molecule has 1 atom stereocenters. The number of phosphoric acid groups is 1. The summed E-state index contributed by atoms with van der Waals surface area (Å²) in [4.78, 5) is 42.6. The van der Waals surface area contributed by atoms with Crippen LogP contribution in [0.4, 0.5) is 0 Å². The zero-order chi connectivity index (χ0) is 33.3. The average Bonchev–Trinajstić information content (AvgIpc) is 3.00. The van der Waals surface area contributed by atoms with Crippen LogP contribution in [0.15, 0.2) is 12.2 Å². The molecule has 0 aromatic heterocycles. The fourth-order valence-corrected chi connectivity index (χ4v) is 5.61. The second-order valence-corrected chi connectivity index (χ2v) is 13.8. The van der Waals surface area contributed by atoms with Crippen LogP contribution in [0.1, 0.15) is 187 Å². The molecule has 0 amide bonds. The monoisotopic (exact) mass is 660 g/mol. The van der Waals surface area contributed by atoms with Crippen molar-refractivity contribution in [2.45, 2.75) is 193 Å². The Morgan fingerprint density at radius 2 is 0.933 bits per heavy atom. The fraction of sp³-hybridized carbons (Fsp3) is 0.889. The molecular formula is C36H69O8P. The maximum atomic E-state index is 12.3. The summed E-state index contributed by atoms with van der Waals surface area (Å²) in [5, 5.41) is 0. The number of hydrogen-bond donors (Lipinski definition) is 2. The maximum absolute atomic E-state index is 12.3. The molecule has 0 aliphatic rings. The lowest BCUT2D eigenvalue weighted by atomic mass is 10.0. The number of hydrogen-bond acceptors (Lipinski definition) is 6. The Hall–Kier alpha value is -1.21. The molecule has 0 aliphatic carbocycles. The van der Waals surface area contributed by atoms with Gasteiger partial charge in [-0.3, -0.25) is 14.1 Å². The van der Waals surface area contributed by atoms with Crippen LogP contribution < -0.4 is 0 Å². The van der Waals surface area contributed by atoms with Crippen LogP contribution in [0, 0.1) is 0 Å². The van der Waals surface area contributed by atoms with Crippen molar-refractivity contribution in [3.8, 4) is 0 Å². The standard InChI is InChI=1S/C36H69O8P/c1-3-5-7-9-11-13-15-17-18-19-21-22-24-26-28-30-35(37)42-32-34(33-43-45(39,40)41)44-36(38)31-29-27-25-23-20-16-14-12-10-8-6-4-2/h12,14,34H,3-11,13,15-33H2,1-2H3,(H2,39,40,41)/b14-12-/t34-/m1/s1. The van der Waals surface area contributed by atoms with Gasteiger partial charge in [-0.15, -0.1) is 0 Å². The molecule has 0 bridgehead atoms. The summed E-state index contributed by atoms with van der Waals surface area (Å²) in [5.74, 6) is -0.888. The minimum Gasteiger partial charge on any atom is -0.462 e. The number of phosphoric ester groups is 1. The van der Waals surface area contributed by atoms with E-state index < -0.39 is 32.5 Å². The predicted octanol–water partition coefficient (Wildman–Crippen LogP) is 10.7. The van der Waals surface area contributed by atoms with Gasteiger partial charge in [0.1, 0.15) is 6.61 Å². The molecule has 0 unspecified atom stereocenters. The molecular weight excluding hydrogens is 591 g/mol. The van der Waals surface area contributed by atoms with E-state index in [1.54, 1.807) is 0 Å². The van der Waals surface area contributed by atoms with E-state index in [0.717, 1.165) is 57.8 Å². The first-order valence-electron chi connectivity index (χ1n) is 18.5. The van der Waals surface area contributed by atoms with E-state index in [0.29, 0.717) is 6.42 Å². The van der Waals surface area contributed by atoms with Gasteiger partial charge in [0.2, 0.25) is 0 Å². The largest absolute Gasteiger partial charge is 0.469 e. The molecule has 0 fully saturated rings. The normalized spacial score (nSPS) is 12.5. The summed E-state index contributed by atoms with van der Waals surface area (Å²) < 4.78 is 26.3. The Balaban J connectivity index is 3.94. The number of esters is 2. The molecule has 0 aromatic carbocycles. The summed E-state index contributed by atoms with van der Waals surface area (Å²) in [7, 11) is -4.74. The molecule has 0 saturated carbocycles. The Morgan fingerprint density at radius 3 is 1.40 bits per heavy atom. The van der Waals surface area contributed by atoms with E-state index >= 15 is 0 Å². The van der Waals surface area contributed by atoms with Crippen molar-refractivity contribution in [1.82, 2.24) is 0 Å². The summed E-state index contributed by atoms with van der Waals surface area (Å²) in [6, 6.07) is 0. The van der Waals surface area contributed by atoms with Crippen LogP contribution >= 0.6 is 7.82 Å². The minimum atomic E-state index is -4.74. The van der Waals surface area contributed by atoms with Gasteiger partial charge in [-0.05, 0) is 38.5 Å². The number of ether oxygens (including phenoxy) is 2. The van der Waals surface area contributed by atoms with Gasteiger partial charge >= 0.3 is 19.8 Å². The smallest absolute Gasteiger partial charge is 0.462 e. The van der Waals surface area contributed by atoms with Gasteiger partial charge in [0.15, 0.2) is 6.10 Å². The fourth-order valence-electron chi connectivity index (χ4n) is 5.25. The van der Waals surface area contributed by atoms with Gasteiger partial charge in [0, 0.05) is 12.8 Å². The number of carbonyl (C=O) groups excluding carboxylic acids is 2. The molecule has 0 rings (SSSR count). The second-order valence-electron chi connectivity index (χ2n) is 12.6. The van der Waals surface area contributed by atoms with Crippen LogP contribution in [0.25, 0.3) is 0 Å². The van der Waals surface area contributed by atoms with Crippen molar-refractivity contribution < 1.29 is 37.9 Å². The molecule has 0 aliphatic heterocycles. The van der Waals surface area contributed by atoms with Gasteiger partial charge in [0.25, 0.3) is 0 Å². The van der Waals surface area contributed by atoms with Crippen molar-refractivity contribution in [3.63, 3.8) is 0 Å². The van der Waals surface area contributed by atoms with E-state index in [9.17, 15) is 14.2 Å². The van der Waals surface area contributed by atoms with Gasteiger partial charge in [-0.2, -0.15) is 0 Å². The zero-order valence-electron chi connectivity index (χ0n) is 29.0. The number of rotatable bonds is 34. The second kappa shape index (κ2) is 32.7. The van der Waals surface area contributed by atoms with Crippen molar-refractivity contribution in [1.29, 1.82) is 0 Å². The van der Waals surface area contributed by atoms with Gasteiger partial charge in [-0.1, -0.05) is 148 Å². The van der Waals surface area contributed by atoms with Gasteiger partial charge in [0.05, 0.1) is 6.61 Å². The molecule has 0 spiro atoms. The lowest BCUT2D eigenvalue weighted by Gasteiger charge is -2.18. The lowest BCUT2D eigenvalue weighted by molar-refractivity contribution is -0.161. The highest BCUT2D eigenvalue weighted by Gasteiger charge is 2.22. The molecule has 0 aromatic rings. The molecule has 0 radical (unpaired) electrons. The number of carbonyl (C=O) groups is 2. The highest BCUT2D eigenvalue weighted by molar-refractivity contribution is 7.46. The Bertz CT molecular complexity index is 751. The third-order valence-corrected chi connectivity index (χ3v) is 8.52. The highest BCUT2D eigenvalue weighted by Crippen LogP contribution is 2.36. The van der Waals surface area contributed by atoms with Crippen LogP contribution in [-0.4, -0.2) is 41.0 Å². The molecule has 0 saturated heterocycles. The van der Waals surface area contributed by atoms with E-state index in [-0.39, 0.29) is 19.4 Å². The zero-order valence-corrected chi connectivity index (χ0v) is 29.9. The topological polar surface area (TPSA) is 119 Å². The summed E-state index contributed by atoms with van der Waals surface area (Å²) >= 11 is 0. The number of allylic oxidation sites excluding steroid dienone is 2. The van der Waals surface area contributed by atoms with Gasteiger partial charge < -0.3 is 19.3 Å². The van der Waals surface area contributed by atoms with E-state index in [1.165, 1.54) is 96.3 Å². The maximum Gasteiger partial charge on any atom is 0.469 e. The Kier molecular flexibility index (Phi) is 31.8. The van der Waals surface area contributed by atoms with E-state index in [4.69, 9.17) is 19.3 Å². The first-order valence-corrected chi connectivity index (χ1v) is 20.0. The highest BCUT2D eigenvalue weighted by atomic mass is 31.2. The lowest BCUT2D eigenvalue weighted by Crippen LogP contribution is -2.29. The SMILES string of the molecule is CCCCC/C=C\CCCCCCCC(=O)O[C@H](COC(=O)CCCCCCCCCCCCCCCCC)COP(=O)(O)O. The first-order chi connectivity index (χ1) is 21.8. The number of unbranched alkanes of at least 4 members (excludes halogenated alkanes) is 22. The van der Waals surface area contributed by atoms with Crippen molar-refractivity contribution in [2.24, 2.45) is 0 Å². The average molecular weight is 661 g/mol. The molecule has 8 nitrogen and oxygen atoms in total.